The van der Waals surface area contributed by atoms with Gasteiger partial charge in [0.05, 0.1) is 13.1 Å². The molecule has 1 aliphatic rings. The van der Waals surface area contributed by atoms with Gasteiger partial charge in [-0.15, -0.1) is 0 Å². The summed E-state index contributed by atoms with van der Waals surface area (Å²) < 4.78 is 0. The highest BCUT2D eigenvalue weighted by Gasteiger charge is 2.04. The standard InChI is InChI=1S/C16H22N2/c1-2-7-11-16(10-6-1)18-13-12-17-14-15-8-4-3-5-9-15/h3-5,8-9,14H,1-2,6-7,10-13H2. The van der Waals surface area contributed by atoms with Gasteiger partial charge in [-0.25, -0.2) is 0 Å². The number of nitrogens with zero attached hydrogens (tertiary/aromatic N) is 2. The Hall–Kier alpha value is -1.44. The molecule has 0 heterocycles. The Morgan fingerprint density at radius 3 is 2.33 bits per heavy atom. The average molecular weight is 242 g/mol. The van der Waals surface area contributed by atoms with E-state index in [-0.39, 0.29) is 0 Å². The lowest BCUT2D eigenvalue weighted by atomic mass is 10.2. The Kier molecular flexibility index (Phi) is 5.64. The lowest BCUT2D eigenvalue weighted by Crippen LogP contribution is -1.99. The quantitative estimate of drug-likeness (QED) is 0.434. The summed E-state index contributed by atoms with van der Waals surface area (Å²) in [5.41, 5.74) is 2.59. The third-order valence-corrected chi connectivity index (χ3v) is 3.29. The second-order valence-electron chi connectivity index (χ2n) is 4.81. The molecule has 1 aliphatic carbocycles. The monoisotopic (exact) mass is 242 g/mol. The van der Waals surface area contributed by atoms with E-state index >= 15 is 0 Å². The maximum atomic E-state index is 4.68. The normalized spacial score (nSPS) is 16.8. The third kappa shape index (κ3) is 4.82. The molecule has 18 heavy (non-hydrogen) atoms. The van der Waals surface area contributed by atoms with Crippen LogP contribution >= 0.6 is 0 Å². The van der Waals surface area contributed by atoms with Gasteiger partial charge in [-0.05, 0) is 31.2 Å². The van der Waals surface area contributed by atoms with E-state index in [1.54, 1.807) is 0 Å². The molecule has 2 nitrogen and oxygen atoms in total. The molecule has 1 aromatic carbocycles. The second-order valence-corrected chi connectivity index (χ2v) is 4.81. The van der Waals surface area contributed by atoms with Crippen LogP contribution in [-0.2, 0) is 0 Å². The summed E-state index contributed by atoms with van der Waals surface area (Å²) in [6.45, 7) is 1.65. The molecule has 0 bridgehead atoms. The molecule has 2 heteroatoms. The van der Waals surface area contributed by atoms with Crippen LogP contribution in [0.2, 0.25) is 0 Å². The predicted octanol–water partition coefficient (Wildman–Crippen LogP) is 3.90. The van der Waals surface area contributed by atoms with Crippen LogP contribution in [0, 0.1) is 0 Å². The Labute approximate surface area is 110 Å². The van der Waals surface area contributed by atoms with Crippen LogP contribution in [0.4, 0.5) is 0 Å². The fourth-order valence-electron chi connectivity index (χ4n) is 2.27. The molecule has 0 aliphatic heterocycles. The lowest BCUT2D eigenvalue weighted by Gasteiger charge is -2.00. The second kappa shape index (κ2) is 7.80. The van der Waals surface area contributed by atoms with Gasteiger partial charge >= 0.3 is 0 Å². The van der Waals surface area contributed by atoms with Gasteiger partial charge in [0.15, 0.2) is 0 Å². The van der Waals surface area contributed by atoms with Crippen molar-refractivity contribution in [2.24, 2.45) is 9.98 Å². The van der Waals surface area contributed by atoms with E-state index in [0.29, 0.717) is 0 Å². The van der Waals surface area contributed by atoms with Crippen LogP contribution in [0.25, 0.3) is 0 Å². The van der Waals surface area contributed by atoms with Crippen molar-refractivity contribution in [1.82, 2.24) is 0 Å². The highest BCUT2D eigenvalue weighted by atomic mass is 14.8. The Morgan fingerprint density at radius 1 is 0.889 bits per heavy atom. The molecule has 0 N–H and O–H groups in total. The molecule has 0 amide bonds. The van der Waals surface area contributed by atoms with E-state index < -0.39 is 0 Å². The summed E-state index contributed by atoms with van der Waals surface area (Å²) in [5.74, 6) is 0. The van der Waals surface area contributed by atoms with Crippen LogP contribution in [-0.4, -0.2) is 25.0 Å². The third-order valence-electron chi connectivity index (χ3n) is 3.29. The first-order valence-corrected chi connectivity index (χ1v) is 7.02. The molecule has 96 valence electrons. The fraction of sp³-hybridized carbons (Fsp3) is 0.500. The molecule has 0 radical (unpaired) electrons. The number of benzene rings is 1. The zero-order valence-corrected chi connectivity index (χ0v) is 11.0. The predicted molar refractivity (Wildman–Crippen MR) is 78.9 cm³/mol. The van der Waals surface area contributed by atoms with Crippen LogP contribution in [0.1, 0.15) is 44.1 Å². The van der Waals surface area contributed by atoms with Crippen molar-refractivity contribution < 1.29 is 0 Å². The Morgan fingerprint density at radius 2 is 1.61 bits per heavy atom. The first-order valence-electron chi connectivity index (χ1n) is 7.02. The van der Waals surface area contributed by atoms with Gasteiger partial charge in [0, 0.05) is 11.9 Å². The summed E-state index contributed by atoms with van der Waals surface area (Å²) in [5, 5.41) is 0. The first kappa shape index (κ1) is 13.0. The Balaban J connectivity index is 1.72. The van der Waals surface area contributed by atoms with Gasteiger partial charge in [-0.3, -0.25) is 9.98 Å². The molecular weight excluding hydrogens is 220 g/mol. The van der Waals surface area contributed by atoms with Crippen molar-refractivity contribution >= 4 is 11.9 Å². The maximum absolute atomic E-state index is 4.68. The van der Waals surface area contributed by atoms with E-state index in [1.165, 1.54) is 49.8 Å². The number of aliphatic imine (C=N–C) groups is 2. The highest BCUT2D eigenvalue weighted by molar-refractivity contribution is 5.84. The molecule has 0 atom stereocenters. The van der Waals surface area contributed by atoms with E-state index in [0.717, 1.165) is 13.1 Å². The van der Waals surface area contributed by atoms with Crippen LogP contribution in [0.15, 0.2) is 40.3 Å². The molecule has 1 saturated carbocycles. The Bertz CT molecular complexity index is 383. The summed E-state index contributed by atoms with van der Waals surface area (Å²) in [4.78, 5) is 9.09. The van der Waals surface area contributed by atoms with Crippen LogP contribution < -0.4 is 0 Å². The molecule has 0 saturated heterocycles. The van der Waals surface area contributed by atoms with Crippen LogP contribution in [0.3, 0.4) is 0 Å². The van der Waals surface area contributed by atoms with E-state index in [4.69, 9.17) is 0 Å². The zero-order chi connectivity index (χ0) is 12.5. The van der Waals surface area contributed by atoms with E-state index in [2.05, 4.69) is 22.1 Å². The van der Waals surface area contributed by atoms with Crippen molar-refractivity contribution in [2.75, 3.05) is 13.1 Å². The van der Waals surface area contributed by atoms with Crippen molar-refractivity contribution in [2.45, 2.75) is 38.5 Å². The van der Waals surface area contributed by atoms with Gasteiger partial charge in [-0.2, -0.15) is 0 Å². The number of hydrogen-bond donors (Lipinski definition) is 0. The van der Waals surface area contributed by atoms with Crippen molar-refractivity contribution in [3.63, 3.8) is 0 Å². The summed E-state index contributed by atoms with van der Waals surface area (Å²) in [7, 11) is 0. The fourth-order valence-corrected chi connectivity index (χ4v) is 2.27. The van der Waals surface area contributed by atoms with Crippen molar-refractivity contribution in [1.29, 1.82) is 0 Å². The smallest absolute Gasteiger partial charge is 0.0585 e. The molecule has 0 aromatic heterocycles. The minimum atomic E-state index is 0.804. The largest absolute Gasteiger partial charge is 0.292 e. The summed E-state index contributed by atoms with van der Waals surface area (Å²) in [6, 6.07) is 10.2. The minimum Gasteiger partial charge on any atom is -0.292 e. The van der Waals surface area contributed by atoms with Gasteiger partial charge < -0.3 is 0 Å². The maximum Gasteiger partial charge on any atom is 0.0585 e. The highest BCUT2D eigenvalue weighted by Crippen LogP contribution is 2.14. The SMILES string of the molecule is C(=NCCN=C1CCCCCC1)c1ccccc1. The van der Waals surface area contributed by atoms with Gasteiger partial charge in [0.25, 0.3) is 0 Å². The minimum absolute atomic E-state index is 0.804. The van der Waals surface area contributed by atoms with Gasteiger partial charge in [-0.1, -0.05) is 43.2 Å². The topological polar surface area (TPSA) is 24.7 Å². The molecule has 0 spiro atoms. The van der Waals surface area contributed by atoms with Crippen molar-refractivity contribution in [3.05, 3.63) is 35.9 Å². The first-order chi connectivity index (χ1) is 8.95. The lowest BCUT2D eigenvalue weighted by molar-refractivity contribution is 0.702. The summed E-state index contributed by atoms with van der Waals surface area (Å²) >= 11 is 0. The molecule has 1 fully saturated rings. The van der Waals surface area contributed by atoms with E-state index in [1.807, 2.05) is 24.4 Å². The molecule has 0 unspecified atom stereocenters. The molecule has 1 aromatic rings. The van der Waals surface area contributed by atoms with E-state index in [9.17, 15) is 0 Å². The average Bonchev–Trinajstić information content (AvgIpc) is 2.68. The van der Waals surface area contributed by atoms with Crippen LogP contribution in [0.5, 0.6) is 0 Å². The zero-order valence-electron chi connectivity index (χ0n) is 11.0. The number of rotatable bonds is 4. The molecule has 2 rings (SSSR count). The number of hydrogen-bond acceptors (Lipinski definition) is 2. The van der Waals surface area contributed by atoms with Gasteiger partial charge in [0.1, 0.15) is 0 Å². The molecular formula is C16H22N2. The van der Waals surface area contributed by atoms with Gasteiger partial charge in [0.2, 0.25) is 0 Å². The summed E-state index contributed by atoms with van der Waals surface area (Å²) in [6.07, 6.45) is 9.77. The van der Waals surface area contributed by atoms with Crippen molar-refractivity contribution in [3.8, 4) is 0 Å².